The molecule has 0 radical (unpaired) electrons. The molecule has 0 amide bonds. The number of hydrogen-bond acceptors (Lipinski definition) is 4. The Bertz CT molecular complexity index is 859. The molecule has 0 fully saturated rings. The lowest BCUT2D eigenvalue weighted by molar-refractivity contribution is 0.0693. The first-order valence-electron chi connectivity index (χ1n) is 7.66. The normalized spacial score (nSPS) is 12.2. The molecule has 3 N–H and O–H groups in total. The van der Waals surface area contributed by atoms with Crippen molar-refractivity contribution < 1.29 is 14.6 Å². The third kappa shape index (κ3) is 3.23. The first-order valence-corrected chi connectivity index (χ1v) is 7.66. The van der Waals surface area contributed by atoms with Crippen LogP contribution in [0.2, 0.25) is 0 Å². The van der Waals surface area contributed by atoms with Crippen LogP contribution in [-0.4, -0.2) is 33.3 Å². The van der Waals surface area contributed by atoms with Crippen molar-refractivity contribution in [3.05, 3.63) is 59.9 Å². The van der Waals surface area contributed by atoms with E-state index in [1.807, 2.05) is 30.3 Å². The number of aromatic nitrogens is 2. The van der Waals surface area contributed by atoms with Gasteiger partial charge in [0.15, 0.2) is 0 Å². The molecule has 1 atom stereocenters. The van der Waals surface area contributed by atoms with E-state index in [1.165, 1.54) is 0 Å². The van der Waals surface area contributed by atoms with E-state index in [4.69, 9.17) is 10.5 Å². The maximum absolute atomic E-state index is 11.7. The van der Waals surface area contributed by atoms with Crippen LogP contribution in [0.25, 0.3) is 11.0 Å². The summed E-state index contributed by atoms with van der Waals surface area (Å²) in [6, 6.07) is 13.0. The molecule has 3 aromatic rings. The standard InChI is InChI=1S/C18H19N3O3/c1-21-11-20-14-7-8-15(16(17(14)21)18(22)23)24-10-13(19)9-12-5-3-2-4-6-12/h2-8,11,13H,9-10,19H2,1H3,(H,22,23)/t13-/m1/s1. The van der Waals surface area contributed by atoms with E-state index in [2.05, 4.69) is 4.98 Å². The van der Waals surface area contributed by atoms with Gasteiger partial charge in [0.05, 0.1) is 17.4 Å². The smallest absolute Gasteiger partial charge is 0.341 e. The summed E-state index contributed by atoms with van der Waals surface area (Å²) in [6.07, 6.45) is 2.25. The predicted molar refractivity (Wildman–Crippen MR) is 91.3 cm³/mol. The zero-order valence-corrected chi connectivity index (χ0v) is 13.3. The van der Waals surface area contributed by atoms with Crippen LogP contribution in [0.15, 0.2) is 48.8 Å². The largest absolute Gasteiger partial charge is 0.491 e. The SMILES string of the molecule is Cn1cnc2ccc(OC[C@H](N)Cc3ccccc3)c(C(=O)O)c21. The molecule has 0 bridgehead atoms. The Hall–Kier alpha value is -2.86. The zero-order chi connectivity index (χ0) is 17.1. The lowest BCUT2D eigenvalue weighted by Crippen LogP contribution is -2.30. The monoisotopic (exact) mass is 325 g/mol. The molecule has 6 heteroatoms. The average Bonchev–Trinajstić information content (AvgIpc) is 2.94. The van der Waals surface area contributed by atoms with E-state index in [0.29, 0.717) is 23.2 Å². The maximum atomic E-state index is 11.7. The Balaban J connectivity index is 1.78. The molecule has 6 nitrogen and oxygen atoms in total. The molecule has 0 spiro atoms. The van der Waals surface area contributed by atoms with Gasteiger partial charge in [-0.05, 0) is 24.1 Å². The van der Waals surface area contributed by atoms with E-state index < -0.39 is 5.97 Å². The number of aryl methyl sites for hydroxylation is 1. The fourth-order valence-corrected chi connectivity index (χ4v) is 2.73. The van der Waals surface area contributed by atoms with Gasteiger partial charge in [0.1, 0.15) is 17.9 Å². The van der Waals surface area contributed by atoms with Crippen molar-refractivity contribution in [1.29, 1.82) is 0 Å². The predicted octanol–water partition coefficient (Wildman–Crippen LogP) is 2.22. The average molecular weight is 325 g/mol. The molecule has 0 saturated carbocycles. The molecule has 24 heavy (non-hydrogen) atoms. The van der Waals surface area contributed by atoms with Crippen molar-refractivity contribution in [3.63, 3.8) is 0 Å². The number of carboxylic acids is 1. The summed E-state index contributed by atoms with van der Waals surface area (Å²) in [6.45, 7) is 0.235. The summed E-state index contributed by atoms with van der Waals surface area (Å²) >= 11 is 0. The fourth-order valence-electron chi connectivity index (χ4n) is 2.73. The lowest BCUT2D eigenvalue weighted by Gasteiger charge is -2.15. The molecule has 2 aromatic carbocycles. The minimum atomic E-state index is -1.05. The Morgan fingerprint density at radius 3 is 2.75 bits per heavy atom. The molecular weight excluding hydrogens is 306 g/mol. The van der Waals surface area contributed by atoms with Crippen molar-refractivity contribution in [2.45, 2.75) is 12.5 Å². The van der Waals surface area contributed by atoms with Gasteiger partial charge in [-0.2, -0.15) is 0 Å². The Morgan fingerprint density at radius 1 is 1.29 bits per heavy atom. The number of imidazole rings is 1. The van der Waals surface area contributed by atoms with Crippen LogP contribution < -0.4 is 10.5 Å². The first-order chi connectivity index (χ1) is 11.6. The third-order valence-electron chi connectivity index (χ3n) is 3.85. The molecule has 1 heterocycles. The Kier molecular flexibility index (Phi) is 4.48. The van der Waals surface area contributed by atoms with E-state index in [-0.39, 0.29) is 18.2 Å². The molecule has 1 aromatic heterocycles. The van der Waals surface area contributed by atoms with Gasteiger partial charge in [-0.3, -0.25) is 0 Å². The van der Waals surface area contributed by atoms with Crippen LogP contribution in [0.3, 0.4) is 0 Å². The van der Waals surface area contributed by atoms with Crippen LogP contribution in [-0.2, 0) is 13.5 Å². The van der Waals surface area contributed by atoms with Crippen LogP contribution in [0, 0.1) is 0 Å². The number of carbonyl (C=O) groups is 1. The molecule has 0 saturated heterocycles. The van der Waals surface area contributed by atoms with Gasteiger partial charge < -0.3 is 20.1 Å². The van der Waals surface area contributed by atoms with Gasteiger partial charge in [0, 0.05) is 13.1 Å². The molecule has 0 aliphatic heterocycles. The summed E-state index contributed by atoms with van der Waals surface area (Å²) in [5.74, 6) is -0.738. The van der Waals surface area contributed by atoms with E-state index in [9.17, 15) is 9.90 Å². The van der Waals surface area contributed by atoms with Crippen LogP contribution in [0.1, 0.15) is 15.9 Å². The Labute approximate surface area is 139 Å². The number of hydrogen-bond donors (Lipinski definition) is 2. The maximum Gasteiger partial charge on any atom is 0.341 e. The van der Waals surface area contributed by atoms with Gasteiger partial charge in [-0.1, -0.05) is 30.3 Å². The number of fused-ring (bicyclic) bond motifs is 1. The summed E-state index contributed by atoms with van der Waals surface area (Å²) < 4.78 is 7.39. The van der Waals surface area contributed by atoms with Crippen LogP contribution in [0.4, 0.5) is 0 Å². The second-order valence-electron chi connectivity index (χ2n) is 5.73. The third-order valence-corrected chi connectivity index (χ3v) is 3.85. The van der Waals surface area contributed by atoms with Crippen molar-refractivity contribution in [1.82, 2.24) is 9.55 Å². The van der Waals surface area contributed by atoms with Gasteiger partial charge in [-0.25, -0.2) is 9.78 Å². The van der Waals surface area contributed by atoms with E-state index in [0.717, 1.165) is 5.56 Å². The number of carboxylic acid groups (broad SMARTS) is 1. The molecule has 124 valence electrons. The van der Waals surface area contributed by atoms with Crippen LogP contribution >= 0.6 is 0 Å². The number of rotatable bonds is 6. The lowest BCUT2D eigenvalue weighted by atomic mass is 10.1. The van der Waals surface area contributed by atoms with E-state index in [1.54, 1.807) is 30.1 Å². The van der Waals surface area contributed by atoms with Crippen molar-refractivity contribution in [3.8, 4) is 5.75 Å². The Morgan fingerprint density at radius 2 is 2.04 bits per heavy atom. The molecule has 0 aliphatic rings. The fraction of sp³-hybridized carbons (Fsp3) is 0.222. The van der Waals surface area contributed by atoms with E-state index >= 15 is 0 Å². The summed E-state index contributed by atoms with van der Waals surface area (Å²) in [5.41, 5.74) is 8.50. The number of benzene rings is 2. The van der Waals surface area contributed by atoms with Crippen molar-refractivity contribution in [2.24, 2.45) is 12.8 Å². The highest BCUT2D eigenvalue weighted by atomic mass is 16.5. The second-order valence-corrected chi connectivity index (χ2v) is 5.73. The molecule has 3 rings (SSSR count). The summed E-state index contributed by atoms with van der Waals surface area (Å²) in [7, 11) is 1.76. The highest BCUT2D eigenvalue weighted by molar-refractivity contribution is 6.03. The number of aromatic carboxylic acids is 1. The quantitative estimate of drug-likeness (QED) is 0.725. The van der Waals surface area contributed by atoms with Gasteiger partial charge in [0.25, 0.3) is 0 Å². The number of nitrogens with two attached hydrogens (primary N) is 1. The van der Waals surface area contributed by atoms with Crippen molar-refractivity contribution >= 4 is 17.0 Å². The number of ether oxygens (including phenoxy) is 1. The summed E-state index contributed by atoms with van der Waals surface area (Å²) in [4.78, 5) is 15.8. The second kappa shape index (κ2) is 6.72. The topological polar surface area (TPSA) is 90.4 Å². The van der Waals surface area contributed by atoms with Gasteiger partial charge in [-0.15, -0.1) is 0 Å². The molecule has 0 aliphatic carbocycles. The molecular formula is C18H19N3O3. The summed E-state index contributed by atoms with van der Waals surface area (Å²) in [5, 5.41) is 9.55. The number of nitrogens with zero attached hydrogens (tertiary/aromatic N) is 2. The zero-order valence-electron chi connectivity index (χ0n) is 13.3. The van der Waals surface area contributed by atoms with Crippen LogP contribution in [0.5, 0.6) is 5.75 Å². The first kappa shape index (κ1) is 16.0. The van der Waals surface area contributed by atoms with Gasteiger partial charge >= 0.3 is 5.97 Å². The van der Waals surface area contributed by atoms with Crippen molar-refractivity contribution in [2.75, 3.05) is 6.61 Å². The van der Waals surface area contributed by atoms with Gasteiger partial charge in [0.2, 0.25) is 0 Å². The minimum Gasteiger partial charge on any atom is -0.491 e. The highest BCUT2D eigenvalue weighted by Crippen LogP contribution is 2.27. The highest BCUT2D eigenvalue weighted by Gasteiger charge is 2.19. The minimum absolute atomic E-state index is 0.111. The molecule has 0 unspecified atom stereocenters.